The lowest BCUT2D eigenvalue weighted by Crippen LogP contribution is -2.49. The quantitative estimate of drug-likeness (QED) is 0.620. The first-order chi connectivity index (χ1) is 6.42. The Morgan fingerprint density at radius 2 is 2.00 bits per heavy atom. The molecule has 0 saturated carbocycles. The first kappa shape index (κ1) is 11.3. The molecule has 0 N–H and O–H groups in total. The molecule has 2 heteroatoms. The number of allylic oxidation sites excluding steroid dienone is 1. The van der Waals surface area contributed by atoms with Gasteiger partial charge in [-0.15, -0.1) is 0 Å². The number of nitrogens with zero attached hydrogens (tertiary/aromatic N) is 1. The maximum Gasteiger partial charge on any atom is 0.223 e. The molecule has 0 radical (unpaired) electrons. The van der Waals surface area contributed by atoms with Gasteiger partial charge < -0.3 is 4.90 Å². The molecule has 1 rings (SSSR count). The molecule has 0 aromatic rings. The van der Waals surface area contributed by atoms with Gasteiger partial charge in [0.15, 0.2) is 0 Å². The standard InChI is InChI=1S/C12H21NO/c1-5-6-10-8-13(9-10)11(14)7-12(2,3)4/h5-6,10H,7-9H2,1-4H3/b6-5-. The number of hydrogen-bond donors (Lipinski definition) is 0. The molecule has 0 bridgehead atoms. The first-order valence-electron chi connectivity index (χ1n) is 5.33. The number of carbonyl (C=O) groups is 1. The van der Waals surface area contributed by atoms with E-state index in [-0.39, 0.29) is 5.41 Å². The summed E-state index contributed by atoms with van der Waals surface area (Å²) in [7, 11) is 0. The maximum atomic E-state index is 11.7. The van der Waals surface area contributed by atoms with Gasteiger partial charge in [0.05, 0.1) is 0 Å². The van der Waals surface area contributed by atoms with Gasteiger partial charge in [0.25, 0.3) is 0 Å². The second-order valence-corrected chi connectivity index (χ2v) is 5.32. The summed E-state index contributed by atoms with van der Waals surface area (Å²) in [5.74, 6) is 0.905. The average molecular weight is 195 g/mol. The highest BCUT2D eigenvalue weighted by atomic mass is 16.2. The van der Waals surface area contributed by atoms with Crippen LogP contribution in [0.25, 0.3) is 0 Å². The van der Waals surface area contributed by atoms with E-state index in [9.17, 15) is 4.79 Å². The number of hydrogen-bond acceptors (Lipinski definition) is 1. The summed E-state index contributed by atoms with van der Waals surface area (Å²) in [6, 6.07) is 0. The van der Waals surface area contributed by atoms with E-state index in [1.807, 2.05) is 11.8 Å². The van der Waals surface area contributed by atoms with E-state index < -0.39 is 0 Å². The van der Waals surface area contributed by atoms with E-state index >= 15 is 0 Å². The molecule has 0 aromatic heterocycles. The topological polar surface area (TPSA) is 20.3 Å². The molecule has 1 saturated heterocycles. The van der Waals surface area contributed by atoms with Crippen molar-refractivity contribution in [1.82, 2.24) is 4.90 Å². The van der Waals surface area contributed by atoms with Gasteiger partial charge in [-0.2, -0.15) is 0 Å². The normalized spacial score (nSPS) is 18.7. The molecular formula is C12H21NO. The van der Waals surface area contributed by atoms with Gasteiger partial charge in [0, 0.05) is 25.4 Å². The summed E-state index contributed by atoms with van der Waals surface area (Å²) < 4.78 is 0. The van der Waals surface area contributed by atoms with Gasteiger partial charge in [-0.25, -0.2) is 0 Å². The van der Waals surface area contributed by atoms with E-state index in [4.69, 9.17) is 0 Å². The SMILES string of the molecule is C/C=C\C1CN(C(=O)CC(C)(C)C)C1. The first-order valence-corrected chi connectivity index (χ1v) is 5.33. The molecule has 2 nitrogen and oxygen atoms in total. The number of carbonyl (C=O) groups excluding carboxylic acids is 1. The van der Waals surface area contributed by atoms with Crippen molar-refractivity contribution in [2.75, 3.05) is 13.1 Å². The smallest absolute Gasteiger partial charge is 0.223 e. The zero-order chi connectivity index (χ0) is 10.8. The van der Waals surface area contributed by atoms with E-state index in [0.29, 0.717) is 18.2 Å². The van der Waals surface area contributed by atoms with Crippen molar-refractivity contribution >= 4 is 5.91 Å². The Kier molecular flexibility index (Phi) is 3.35. The summed E-state index contributed by atoms with van der Waals surface area (Å²) in [5, 5.41) is 0. The van der Waals surface area contributed by atoms with Crippen LogP contribution >= 0.6 is 0 Å². The molecule has 1 fully saturated rings. The maximum absolute atomic E-state index is 11.7. The summed E-state index contributed by atoms with van der Waals surface area (Å²) in [6.07, 6.45) is 4.91. The van der Waals surface area contributed by atoms with E-state index in [1.165, 1.54) is 0 Å². The lowest BCUT2D eigenvalue weighted by Gasteiger charge is -2.39. The Bertz CT molecular complexity index is 231. The minimum Gasteiger partial charge on any atom is -0.341 e. The predicted molar refractivity (Wildman–Crippen MR) is 59.0 cm³/mol. The van der Waals surface area contributed by atoms with Crippen LogP contribution in [0.1, 0.15) is 34.1 Å². The average Bonchev–Trinajstić information content (AvgIpc) is 1.91. The van der Waals surface area contributed by atoms with Crippen molar-refractivity contribution in [3.05, 3.63) is 12.2 Å². The molecule has 80 valence electrons. The molecular weight excluding hydrogens is 174 g/mol. The van der Waals surface area contributed by atoms with Crippen LogP contribution in [0.3, 0.4) is 0 Å². The largest absolute Gasteiger partial charge is 0.341 e. The summed E-state index contributed by atoms with van der Waals surface area (Å²) >= 11 is 0. The highest BCUT2D eigenvalue weighted by Gasteiger charge is 2.30. The fourth-order valence-electron chi connectivity index (χ4n) is 1.68. The third kappa shape index (κ3) is 3.17. The molecule has 14 heavy (non-hydrogen) atoms. The minimum atomic E-state index is 0.114. The lowest BCUT2D eigenvalue weighted by atomic mass is 9.90. The molecule has 0 spiro atoms. The number of likely N-dealkylation sites (tertiary alicyclic amines) is 1. The number of amides is 1. The van der Waals surface area contributed by atoms with Crippen molar-refractivity contribution in [3.8, 4) is 0 Å². The van der Waals surface area contributed by atoms with Crippen LogP contribution in [0.5, 0.6) is 0 Å². The molecule has 0 aromatic carbocycles. The number of rotatable bonds is 2. The van der Waals surface area contributed by atoms with E-state index in [1.54, 1.807) is 0 Å². The van der Waals surface area contributed by atoms with Crippen molar-refractivity contribution in [2.45, 2.75) is 34.1 Å². The third-order valence-corrected chi connectivity index (χ3v) is 2.41. The van der Waals surface area contributed by atoms with Crippen LogP contribution in [0.15, 0.2) is 12.2 Å². The monoisotopic (exact) mass is 195 g/mol. The summed E-state index contributed by atoms with van der Waals surface area (Å²) in [5.41, 5.74) is 0.114. The van der Waals surface area contributed by atoms with Gasteiger partial charge in [-0.05, 0) is 12.3 Å². The Balaban J connectivity index is 2.30. The molecule has 0 atom stereocenters. The second-order valence-electron chi connectivity index (χ2n) is 5.32. The highest BCUT2D eigenvalue weighted by molar-refractivity contribution is 5.77. The zero-order valence-corrected chi connectivity index (χ0v) is 9.71. The van der Waals surface area contributed by atoms with Crippen LogP contribution in [-0.2, 0) is 4.79 Å². The van der Waals surface area contributed by atoms with Gasteiger partial charge in [0.1, 0.15) is 0 Å². The molecule has 1 heterocycles. The van der Waals surface area contributed by atoms with Gasteiger partial charge >= 0.3 is 0 Å². The fourth-order valence-corrected chi connectivity index (χ4v) is 1.68. The predicted octanol–water partition coefficient (Wildman–Crippen LogP) is 2.46. The van der Waals surface area contributed by atoms with Crippen LogP contribution in [0.2, 0.25) is 0 Å². The minimum absolute atomic E-state index is 0.114. The second kappa shape index (κ2) is 4.16. The Morgan fingerprint density at radius 3 is 2.43 bits per heavy atom. The summed E-state index contributed by atoms with van der Waals surface area (Å²) in [4.78, 5) is 13.6. The van der Waals surface area contributed by atoms with Crippen molar-refractivity contribution in [3.63, 3.8) is 0 Å². The van der Waals surface area contributed by atoms with Crippen LogP contribution in [-0.4, -0.2) is 23.9 Å². The van der Waals surface area contributed by atoms with Gasteiger partial charge in [-0.1, -0.05) is 32.9 Å². The molecule has 0 aliphatic carbocycles. The van der Waals surface area contributed by atoms with Crippen molar-refractivity contribution < 1.29 is 4.79 Å². The van der Waals surface area contributed by atoms with Gasteiger partial charge in [0.2, 0.25) is 5.91 Å². The Hall–Kier alpha value is -0.790. The van der Waals surface area contributed by atoms with Crippen molar-refractivity contribution in [2.24, 2.45) is 11.3 Å². The van der Waals surface area contributed by atoms with E-state index in [2.05, 4.69) is 32.9 Å². The fraction of sp³-hybridized carbons (Fsp3) is 0.750. The van der Waals surface area contributed by atoms with Crippen LogP contribution in [0, 0.1) is 11.3 Å². The van der Waals surface area contributed by atoms with Crippen molar-refractivity contribution in [1.29, 1.82) is 0 Å². The highest BCUT2D eigenvalue weighted by Crippen LogP contribution is 2.24. The molecule has 1 aliphatic rings. The summed E-state index contributed by atoms with van der Waals surface area (Å²) in [6.45, 7) is 10.2. The van der Waals surface area contributed by atoms with E-state index in [0.717, 1.165) is 13.1 Å². The lowest BCUT2D eigenvalue weighted by molar-refractivity contribution is -0.138. The zero-order valence-electron chi connectivity index (χ0n) is 9.71. The Morgan fingerprint density at radius 1 is 1.43 bits per heavy atom. The van der Waals surface area contributed by atoms with Crippen LogP contribution < -0.4 is 0 Å². The molecule has 0 unspecified atom stereocenters. The third-order valence-electron chi connectivity index (χ3n) is 2.41. The Labute approximate surface area is 87.0 Å². The van der Waals surface area contributed by atoms with Crippen LogP contribution in [0.4, 0.5) is 0 Å². The molecule has 1 amide bonds. The molecule has 1 aliphatic heterocycles. The van der Waals surface area contributed by atoms with Gasteiger partial charge in [-0.3, -0.25) is 4.79 Å².